The van der Waals surface area contributed by atoms with Crippen molar-refractivity contribution in [1.82, 2.24) is 10.2 Å². The topological polar surface area (TPSA) is 80.9 Å². The molecule has 22 heavy (non-hydrogen) atoms. The summed E-state index contributed by atoms with van der Waals surface area (Å²) in [5.74, 6) is 0.180. The molecule has 0 saturated heterocycles. The third-order valence-corrected chi connectivity index (χ3v) is 4.07. The van der Waals surface area contributed by atoms with Crippen LogP contribution in [-0.4, -0.2) is 22.1 Å². The molecule has 3 N–H and O–H groups in total. The van der Waals surface area contributed by atoms with Gasteiger partial charge in [-0.2, -0.15) is 0 Å². The second kappa shape index (κ2) is 7.47. The van der Waals surface area contributed by atoms with Crippen LogP contribution in [0.25, 0.3) is 0 Å². The number of rotatable bonds is 6. The summed E-state index contributed by atoms with van der Waals surface area (Å²) >= 11 is 1.39. The summed E-state index contributed by atoms with van der Waals surface area (Å²) in [6.45, 7) is 6.14. The summed E-state index contributed by atoms with van der Waals surface area (Å²) in [5.41, 5.74) is 8.26. The fourth-order valence-electron chi connectivity index (χ4n) is 2.07. The fraction of sp³-hybridized carbons (Fsp3) is 0.438. The maximum Gasteiger partial charge on any atom is 0.243 e. The van der Waals surface area contributed by atoms with E-state index in [4.69, 9.17) is 5.73 Å². The van der Waals surface area contributed by atoms with Gasteiger partial charge in [-0.05, 0) is 24.8 Å². The zero-order chi connectivity index (χ0) is 16.1. The van der Waals surface area contributed by atoms with E-state index < -0.39 is 6.04 Å². The zero-order valence-corrected chi connectivity index (χ0v) is 14.0. The molecule has 5 nitrogen and oxygen atoms in total. The Bertz CT molecular complexity index is 621. The minimum atomic E-state index is -0.510. The van der Waals surface area contributed by atoms with Gasteiger partial charge >= 0.3 is 0 Å². The highest BCUT2D eigenvalue weighted by Crippen LogP contribution is 2.19. The van der Waals surface area contributed by atoms with E-state index in [0.717, 1.165) is 5.01 Å². The first-order valence-corrected chi connectivity index (χ1v) is 8.20. The average Bonchev–Trinajstić information content (AvgIpc) is 2.88. The second-order valence-corrected chi connectivity index (χ2v) is 6.95. The SMILES string of the molecule is Cc1ccc(Cc2nnc(NC(=O)[C@@H](N)CC(C)C)s2)cc1. The van der Waals surface area contributed by atoms with Crippen molar-refractivity contribution in [2.24, 2.45) is 11.7 Å². The lowest BCUT2D eigenvalue weighted by Gasteiger charge is -2.12. The molecule has 0 radical (unpaired) electrons. The van der Waals surface area contributed by atoms with Gasteiger partial charge in [0.2, 0.25) is 11.0 Å². The second-order valence-electron chi connectivity index (χ2n) is 5.89. The number of carbonyl (C=O) groups excluding carboxylic acids is 1. The van der Waals surface area contributed by atoms with Crippen LogP contribution in [0.4, 0.5) is 5.13 Å². The Morgan fingerprint density at radius 3 is 2.59 bits per heavy atom. The van der Waals surface area contributed by atoms with Gasteiger partial charge in [0.1, 0.15) is 5.01 Å². The van der Waals surface area contributed by atoms with Gasteiger partial charge in [-0.25, -0.2) is 0 Å². The molecule has 2 rings (SSSR count). The number of nitrogens with two attached hydrogens (primary N) is 1. The molecule has 1 amide bonds. The number of hydrogen-bond donors (Lipinski definition) is 2. The highest BCUT2D eigenvalue weighted by Gasteiger charge is 2.17. The lowest BCUT2D eigenvalue weighted by Crippen LogP contribution is -2.36. The molecule has 0 aliphatic heterocycles. The van der Waals surface area contributed by atoms with Gasteiger partial charge in [-0.1, -0.05) is 55.0 Å². The summed E-state index contributed by atoms with van der Waals surface area (Å²) in [6, 6.07) is 7.79. The minimum absolute atomic E-state index is 0.202. The Labute approximate surface area is 135 Å². The van der Waals surface area contributed by atoms with Crippen LogP contribution in [0.3, 0.4) is 0 Å². The molecule has 118 valence electrons. The molecule has 6 heteroatoms. The van der Waals surface area contributed by atoms with Gasteiger partial charge in [0.25, 0.3) is 0 Å². The Morgan fingerprint density at radius 2 is 1.95 bits per heavy atom. The molecule has 0 aliphatic carbocycles. The van der Waals surface area contributed by atoms with Crippen LogP contribution in [0.5, 0.6) is 0 Å². The predicted molar refractivity (Wildman–Crippen MR) is 90.0 cm³/mol. The number of benzene rings is 1. The lowest BCUT2D eigenvalue weighted by atomic mass is 10.0. The summed E-state index contributed by atoms with van der Waals surface area (Å²) in [6.07, 6.45) is 1.37. The van der Waals surface area contributed by atoms with Crippen molar-refractivity contribution >= 4 is 22.4 Å². The summed E-state index contributed by atoms with van der Waals surface area (Å²) < 4.78 is 0. The number of anilines is 1. The summed E-state index contributed by atoms with van der Waals surface area (Å²) in [5, 5.41) is 12.3. The van der Waals surface area contributed by atoms with E-state index in [1.54, 1.807) is 0 Å². The quantitative estimate of drug-likeness (QED) is 0.858. The van der Waals surface area contributed by atoms with E-state index in [1.807, 2.05) is 13.8 Å². The number of hydrogen-bond acceptors (Lipinski definition) is 5. The van der Waals surface area contributed by atoms with Crippen LogP contribution < -0.4 is 11.1 Å². The minimum Gasteiger partial charge on any atom is -0.320 e. The van der Waals surface area contributed by atoms with Gasteiger partial charge in [0.05, 0.1) is 6.04 Å². The standard InChI is InChI=1S/C16H22N4OS/c1-10(2)8-13(17)15(21)18-16-20-19-14(22-16)9-12-6-4-11(3)5-7-12/h4-7,10,13H,8-9,17H2,1-3H3,(H,18,20,21)/t13-/m0/s1. The van der Waals surface area contributed by atoms with E-state index in [9.17, 15) is 4.79 Å². The van der Waals surface area contributed by atoms with Crippen molar-refractivity contribution in [1.29, 1.82) is 0 Å². The maximum absolute atomic E-state index is 12.0. The average molecular weight is 318 g/mol. The molecular formula is C16H22N4OS. The van der Waals surface area contributed by atoms with Crippen molar-refractivity contribution in [3.63, 3.8) is 0 Å². The number of carbonyl (C=O) groups is 1. The van der Waals surface area contributed by atoms with Crippen LogP contribution in [-0.2, 0) is 11.2 Å². The first-order valence-electron chi connectivity index (χ1n) is 7.38. The number of nitrogens with zero attached hydrogens (tertiary/aromatic N) is 2. The van der Waals surface area contributed by atoms with Crippen LogP contribution in [0, 0.1) is 12.8 Å². The van der Waals surface area contributed by atoms with Crippen LogP contribution in [0.2, 0.25) is 0 Å². The van der Waals surface area contributed by atoms with E-state index in [0.29, 0.717) is 23.9 Å². The Kier molecular flexibility index (Phi) is 5.63. The Morgan fingerprint density at radius 1 is 1.27 bits per heavy atom. The van der Waals surface area contributed by atoms with Gasteiger partial charge in [0.15, 0.2) is 0 Å². The molecule has 0 spiro atoms. The molecule has 1 atom stereocenters. The van der Waals surface area contributed by atoms with Crippen molar-refractivity contribution < 1.29 is 4.79 Å². The number of aromatic nitrogens is 2. The summed E-state index contributed by atoms with van der Waals surface area (Å²) in [4.78, 5) is 12.0. The Balaban J connectivity index is 1.93. The lowest BCUT2D eigenvalue weighted by molar-refractivity contribution is -0.117. The van der Waals surface area contributed by atoms with Gasteiger partial charge in [-0.3, -0.25) is 10.1 Å². The van der Waals surface area contributed by atoms with Crippen LogP contribution in [0.1, 0.15) is 36.4 Å². The highest BCUT2D eigenvalue weighted by molar-refractivity contribution is 7.15. The molecule has 1 aromatic heterocycles. The predicted octanol–water partition coefficient (Wildman–Crippen LogP) is 2.75. The van der Waals surface area contributed by atoms with E-state index >= 15 is 0 Å². The number of amides is 1. The monoisotopic (exact) mass is 318 g/mol. The smallest absolute Gasteiger partial charge is 0.243 e. The van der Waals surface area contributed by atoms with Crippen molar-refractivity contribution in [3.05, 3.63) is 40.4 Å². The van der Waals surface area contributed by atoms with E-state index in [-0.39, 0.29) is 5.91 Å². The highest BCUT2D eigenvalue weighted by atomic mass is 32.1. The molecule has 0 saturated carbocycles. The van der Waals surface area contributed by atoms with Gasteiger partial charge in [-0.15, -0.1) is 10.2 Å². The maximum atomic E-state index is 12.0. The van der Waals surface area contributed by atoms with Crippen molar-refractivity contribution in [2.75, 3.05) is 5.32 Å². The molecule has 0 unspecified atom stereocenters. The normalized spacial score (nSPS) is 12.4. The first-order chi connectivity index (χ1) is 10.4. The number of aryl methyl sites for hydroxylation is 1. The van der Waals surface area contributed by atoms with Crippen LogP contribution >= 0.6 is 11.3 Å². The first kappa shape index (κ1) is 16.6. The van der Waals surface area contributed by atoms with Crippen LogP contribution in [0.15, 0.2) is 24.3 Å². The third kappa shape index (κ3) is 4.89. The Hall–Kier alpha value is -1.79. The summed E-state index contributed by atoms with van der Waals surface area (Å²) in [7, 11) is 0. The molecule has 2 aromatic rings. The fourth-order valence-corrected chi connectivity index (χ4v) is 2.85. The molecule has 0 aliphatic rings. The van der Waals surface area contributed by atoms with Crippen molar-refractivity contribution in [2.45, 2.75) is 39.7 Å². The third-order valence-electron chi connectivity index (χ3n) is 3.24. The number of nitrogens with one attached hydrogen (secondary N) is 1. The molecule has 1 heterocycles. The zero-order valence-electron chi connectivity index (χ0n) is 13.2. The van der Waals surface area contributed by atoms with Gasteiger partial charge < -0.3 is 5.73 Å². The van der Waals surface area contributed by atoms with Gasteiger partial charge in [0, 0.05) is 6.42 Å². The molecule has 0 bridgehead atoms. The molecule has 0 fully saturated rings. The molecule has 1 aromatic carbocycles. The van der Waals surface area contributed by atoms with Crippen molar-refractivity contribution in [3.8, 4) is 0 Å². The van der Waals surface area contributed by atoms with E-state index in [2.05, 4.69) is 46.7 Å². The largest absolute Gasteiger partial charge is 0.320 e. The van der Waals surface area contributed by atoms with E-state index in [1.165, 1.54) is 22.5 Å². The molecular weight excluding hydrogens is 296 g/mol.